The Morgan fingerprint density at radius 1 is 1.47 bits per heavy atom. The zero-order valence-corrected chi connectivity index (χ0v) is 13.1. The van der Waals surface area contributed by atoms with E-state index in [1.54, 1.807) is 6.92 Å². The lowest BCUT2D eigenvalue weighted by Gasteiger charge is -2.29. The number of nitrogens with one attached hydrogen (secondary N) is 1. The molecule has 1 rings (SSSR count). The number of hydrogen-bond donors (Lipinski definition) is 2. The molecule has 0 amide bonds. The van der Waals surface area contributed by atoms with Gasteiger partial charge in [-0.15, -0.1) is 0 Å². The highest BCUT2D eigenvalue weighted by molar-refractivity contribution is 5.78. The molecule has 4 nitrogen and oxygen atoms in total. The molecule has 1 atom stereocenters. The monoisotopic (exact) mass is 270 g/mol. The molecule has 1 fully saturated rings. The molecule has 0 spiro atoms. The van der Waals surface area contributed by atoms with Crippen molar-refractivity contribution < 1.29 is 9.90 Å². The van der Waals surface area contributed by atoms with Crippen molar-refractivity contribution in [2.24, 2.45) is 5.41 Å². The maximum atomic E-state index is 11.4. The first-order valence-electron chi connectivity index (χ1n) is 7.38. The first-order chi connectivity index (χ1) is 8.65. The van der Waals surface area contributed by atoms with Gasteiger partial charge in [-0.2, -0.15) is 0 Å². The number of hydrogen-bond acceptors (Lipinski definition) is 3. The fourth-order valence-electron chi connectivity index (χ4n) is 2.95. The predicted octanol–water partition coefficient (Wildman–Crippen LogP) is 2.34. The SMILES string of the molecule is CC(C)NC(C)(CCCN1CCC(C)(C)C1)C(=O)O. The number of nitrogens with zero attached hydrogens (tertiary/aromatic N) is 1. The molecule has 1 unspecified atom stereocenters. The van der Waals surface area contributed by atoms with Gasteiger partial charge in [-0.3, -0.25) is 10.1 Å². The molecule has 1 heterocycles. The summed E-state index contributed by atoms with van der Waals surface area (Å²) < 4.78 is 0. The Hall–Kier alpha value is -0.610. The van der Waals surface area contributed by atoms with Gasteiger partial charge in [0.15, 0.2) is 0 Å². The molecule has 112 valence electrons. The van der Waals surface area contributed by atoms with Crippen LogP contribution in [0.5, 0.6) is 0 Å². The highest BCUT2D eigenvalue weighted by Gasteiger charge is 2.34. The van der Waals surface area contributed by atoms with E-state index in [1.165, 1.54) is 6.42 Å². The summed E-state index contributed by atoms with van der Waals surface area (Å²) in [5.41, 5.74) is -0.379. The van der Waals surface area contributed by atoms with E-state index in [0.29, 0.717) is 11.8 Å². The molecule has 0 aliphatic carbocycles. The molecule has 0 saturated carbocycles. The van der Waals surface area contributed by atoms with Crippen molar-refractivity contribution in [3.63, 3.8) is 0 Å². The third-order valence-electron chi connectivity index (χ3n) is 3.99. The summed E-state index contributed by atoms with van der Waals surface area (Å²) >= 11 is 0. The smallest absolute Gasteiger partial charge is 0.323 e. The fraction of sp³-hybridized carbons (Fsp3) is 0.933. The maximum absolute atomic E-state index is 11.4. The Labute approximate surface area is 117 Å². The van der Waals surface area contributed by atoms with Crippen molar-refractivity contribution >= 4 is 5.97 Å². The van der Waals surface area contributed by atoms with E-state index in [9.17, 15) is 9.90 Å². The topological polar surface area (TPSA) is 52.6 Å². The number of likely N-dealkylation sites (tertiary alicyclic amines) is 1. The van der Waals surface area contributed by atoms with Crippen LogP contribution in [0.3, 0.4) is 0 Å². The van der Waals surface area contributed by atoms with Gasteiger partial charge < -0.3 is 10.0 Å². The molecule has 1 aliphatic rings. The summed E-state index contributed by atoms with van der Waals surface area (Å²) in [7, 11) is 0. The lowest BCUT2D eigenvalue weighted by atomic mass is 9.93. The summed E-state index contributed by atoms with van der Waals surface area (Å²) in [4.78, 5) is 13.9. The lowest BCUT2D eigenvalue weighted by molar-refractivity contribution is -0.144. The van der Waals surface area contributed by atoms with Gasteiger partial charge in [-0.05, 0) is 58.5 Å². The molecule has 1 saturated heterocycles. The minimum Gasteiger partial charge on any atom is -0.480 e. The molecule has 1 aliphatic heterocycles. The van der Waals surface area contributed by atoms with E-state index in [1.807, 2.05) is 13.8 Å². The van der Waals surface area contributed by atoms with Gasteiger partial charge in [0.2, 0.25) is 0 Å². The minimum absolute atomic E-state index is 0.187. The van der Waals surface area contributed by atoms with Gasteiger partial charge >= 0.3 is 5.97 Å². The van der Waals surface area contributed by atoms with Crippen LogP contribution in [0.2, 0.25) is 0 Å². The highest BCUT2D eigenvalue weighted by Crippen LogP contribution is 2.29. The summed E-state index contributed by atoms with van der Waals surface area (Å²) in [6.07, 6.45) is 2.85. The number of rotatable bonds is 7. The normalized spacial score (nSPS) is 22.6. The van der Waals surface area contributed by atoms with E-state index in [2.05, 4.69) is 24.1 Å². The van der Waals surface area contributed by atoms with Crippen LogP contribution in [-0.4, -0.2) is 47.2 Å². The standard InChI is InChI=1S/C15H30N2O2/c1-12(2)16-15(5,13(18)19)7-6-9-17-10-8-14(3,4)11-17/h12,16H,6-11H2,1-5H3,(H,18,19). The van der Waals surface area contributed by atoms with E-state index in [0.717, 1.165) is 26.1 Å². The number of carbonyl (C=O) groups is 1. The highest BCUT2D eigenvalue weighted by atomic mass is 16.4. The first kappa shape index (κ1) is 16.4. The molecule has 4 heteroatoms. The second kappa shape index (κ2) is 6.23. The van der Waals surface area contributed by atoms with Gasteiger partial charge in [0, 0.05) is 12.6 Å². The zero-order chi connectivity index (χ0) is 14.7. The van der Waals surface area contributed by atoms with Crippen LogP contribution in [0.25, 0.3) is 0 Å². The van der Waals surface area contributed by atoms with E-state index < -0.39 is 11.5 Å². The van der Waals surface area contributed by atoms with Gasteiger partial charge in [-0.25, -0.2) is 0 Å². The summed E-state index contributed by atoms with van der Waals surface area (Å²) in [5, 5.41) is 12.6. The Kier molecular flexibility index (Phi) is 5.39. The van der Waals surface area contributed by atoms with E-state index in [4.69, 9.17) is 0 Å². The molecule has 0 aromatic heterocycles. The first-order valence-corrected chi connectivity index (χ1v) is 7.38. The lowest BCUT2D eigenvalue weighted by Crippen LogP contribution is -2.52. The van der Waals surface area contributed by atoms with Crippen LogP contribution in [0.1, 0.15) is 53.9 Å². The Morgan fingerprint density at radius 2 is 2.11 bits per heavy atom. The van der Waals surface area contributed by atoms with Gasteiger partial charge in [0.05, 0.1) is 0 Å². The minimum atomic E-state index is -0.802. The van der Waals surface area contributed by atoms with Crippen LogP contribution in [0, 0.1) is 5.41 Å². The predicted molar refractivity (Wildman–Crippen MR) is 78.4 cm³/mol. The number of aliphatic carboxylic acids is 1. The second-order valence-electron chi connectivity index (χ2n) is 7.23. The van der Waals surface area contributed by atoms with Crippen molar-refractivity contribution in [1.82, 2.24) is 10.2 Å². The molecule has 0 bridgehead atoms. The number of carboxylic acid groups (broad SMARTS) is 1. The van der Waals surface area contributed by atoms with E-state index in [-0.39, 0.29) is 6.04 Å². The van der Waals surface area contributed by atoms with Crippen molar-refractivity contribution in [1.29, 1.82) is 0 Å². The zero-order valence-electron chi connectivity index (χ0n) is 13.1. The molecular weight excluding hydrogens is 240 g/mol. The molecule has 2 N–H and O–H groups in total. The van der Waals surface area contributed by atoms with Crippen LogP contribution < -0.4 is 5.32 Å². The molecule has 0 aromatic carbocycles. The Morgan fingerprint density at radius 3 is 2.53 bits per heavy atom. The number of carboxylic acids is 1. The van der Waals surface area contributed by atoms with Crippen LogP contribution in [0.15, 0.2) is 0 Å². The summed E-state index contributed by atoms with van der Waals surface area (Å²) in [6.45, 7) is 13.7. The van der Waals surface area contributed by atoms with Crippen LogP contribution in [0.4, 0.5) is 0 Å². The summed E-state index contributed by atoms with van der Waals surface area (Å²) in [5.74, 6) is -0.747. The van der Waals surface area contributed by atoms with Gasteiger partial charge in [0.1, 0.15) is 5.54 Å². The van der Waals surface area contributed by atoms with Crippen molar-refractivity contribution in [3.05, 3.63) is 0 Å². The average Bonchev–Trinajstić information content (AvgIpc) is 2.57. The quantitative estimate of drug-likeness (QED) is 0.745. The van der Waals surface area contributed by atoms with Crippen molar-refractivity contribution in [2.75, 3.05) is 19.6 Å². The molecular formula is C15H30N2O2. The molecule has 0 aromatic rings. The maximum Gasteiger partial charge on any atom is 0.323 e. The molecule has 0 radical (unpaired) electrons. The van der Waals surface area contributed by atoms with Gasteiger partial charge in [-0.1, -0.05) is 13.8 Å². The second-order valence-corrected chi connectivity index (χ2v) is 7.23. The fourth-order valence-corrected chi connectivity index (χ4v) is 2.95. The van der Waals surface area contributed by atoms with Crippen LogP contribution in [-0.2, 0) is 4.79 Å². The van der Waals surface area contributed by atoms with Crippen molar-refractivity contribution in [3.8, 4) is 0 Å². The Bertz CT molecular complexity index is 315. The average molecular weight is 270 g/mol. The molecule has 19 heavy (non-hydrogen) atoms. The Balaban J connectivity index is 2.39. The third kappa shape index (κ3) is 5.11. The summed E-state index contributed by atoms with van der Waals surface area (Å²) in [6, 6.07) is 0.187. The van der Waals surface area contributed by atoms with Gasteiger partial charge in [0.25, 0.3) is 0 Å². The van der Waals surface area contributed by atoms with E-state index >= 15 is 0 Å². The third-order valence-corrected chi connectivity index (χ3v) is 3.99. The van der Waals surface area contributed by atoms with Crippen LogP contribution >= 0.6 is 0 Å². The largest absolute Gasteiger partial charge is 0.480 e. The van der Waals surface area contributed by atoms with Crippen molar-refractivity contribution in [2.45, 2.75) is 65.5 Å².